The lowest BCUT2D eigenvalue weighted by molar-refractivity contribution is -0.134. The molecule has 134 valence electrons. The van der Waals surface area contributed by atoms with E-state index in [1.54, 1.807) is 6.20 Å². The zero-order valence-corrected chi connectivity index (χ0v) is 14.2. The fourth-order valence-electron chi connectivity index (χ4n) is 3.98. The van der Waals surface area contributed by atoms with Crippen LogP contribution < -0.4 is 0 Å². The van der Waals surface area contributed by atoms with Crippen LogP contribution in [-0.4, -0.2) is 29.1 Å². The number of halogens is 3. The summed E-state index contributed by atoms with van der Waals surface area (Å²) >= 11 is 0. The Balaban J connectivity index is 1.53. The minimum absolute atomic E-state index is 0.0150. The lowest BCUT2D eigenvalue weighted by atomic mass is 9.87. The molecule has 2 heterocycles. The van der Waals surface area contributed by atoms with Gasteiger partial charge in [0.25, 0.3) is 0 Å². The van der Waals surface area contributed by atoms with Crippen molar-refractivity contribution in [2.75, 3.05) is 13.1 Å². The maximum Gasteiger partial charge on any atom is 0.389 e. The van der Waals surface area contributed by atoms with E-state index in [1.807, 2.05) is 6.07 Å². The van der Waals surface area contributed by atoms with Crippen molar-refractivity contribution in [2.24, 2.45) is 5.92 Å². The van der Waals surface area contributed by atoms with E-state index in [1.165, 1.54) is 49.7 Å². The van der Waals surface area contributed by atoms with E-state index in [2.05, 4.69) is 9.88 Å². The second kappa shape index (κ2) is 7.85. The number of nitrogens with zero attached hydrogens (tertiary/aromatic N) is 2. The third kappa shape index (κ3) is 5.20. The van der Waals surface area contributed by atoms with Gasteiger partial charge < -0.3 is 0 Å². The summed E-state index contributed by atoms with van der Waals surface area (Å²) in [6.07, 6.45) is 6.00. The fourth-order valence-corrected chi connectivity index (χ4v) is 3.98. The molecule has 0 radical (unpaired) electrons. The van der Waals surface area contributed by atoms with Gasteiger partial charge in [-0.05, 0) is 48.9 Å². The number of hydrogen-bond donors (Lipinski definition) is 0. The number of pyridine rings is 1. The van der Waals surface area contributed by atoms with Crippen LogP contribution in [0.15, 0.2) is 12.3 Å². The molecule has 0 spiro atoms. The van der Waals surface area contributed by atoms with Crippen molar-refractivity contribution in [3.05, 3.63) is 29.1 Å². The lowest BCUT2D eigenvalue weighted by Crippen LogP contribution is -2.32. The van der Waals surface area contributed by atoms with Gasteiger partial charge in [-0.25, -0.2) is 0 Å². The van der Waals surface area contributed by atoms with Gasteiger partial charge in [0.05, 0.1) is 0 Å². The van der Waals surface area contributed by atoms with Gasteiger partial charge in [0.15, 0.2) is 0 Å². The van der Waals surface area contributed by atoms with E-state index >= 15 is 0 Å². The van der Waals surface area contributed by atoms with Crippen LogP contribution in [0.3, 0.4) is 0 Å². The molecule has 0 saturated heterocycles. The molecular weight excluding hydrogens is 313 g/mol. The minimum atomic E-state index is -4.11. The summed E-state index contributed by atoms with van der Waals surface area (Å²) in [5.74, 6) is 0.875. The molecule has 1 aliphatic heterocycles. The molecule has 0 unspecified atom stereocenters. The van der Waals surface area contributed by atoms with Gasteiger partial charge in [-0.3, -0.25) is 9.88 Å². The number of aromatic nitrogens is 1. The monoisotopic (exact) mass is 340 g/mol. The van der Waals surface area contributed by atoms with Gasteiger partial charge in [-0.15, -0.1) is 0 Å². The lowest BCUT2D eigenvalue weighted by Gasteiger charge is -2.31. The number of alkyl halides is 3. The van der Waals surface area contributed by atoms with Gasteiger partial charge in [-0.1, -0.05) is 32.1 Å². The third-order valence-electron chi connectivity index (χ3n) is 5.47. The molecule has 1 aromatic rings. The Morgan fingerprint density at radius 3 is 2.67 bits per heavy atom. The Kier molecular flexibility index (Phi) is 5.80. The van der Waals surface area contributed by atoms with Gasteiger partial charge in [0.2, 0.25) is 0 Å². The van der Waals surface area contributed by atoms with Crippen molar-refractivity contribution >= 4 is 0 Å². The Morgan fingerprint density at radius 2 is 1.92 bits per heavy atom. The molecule has 3 rings (SSSR count). The molecular formula is C19H27F3N2. The molecule has 0 N–H and O–H groups in total. The van der Waals surface area contributed by atoms with Crippen molar-refractivity contribution in [3.63, 3.8) is 0 Å². The normalized spacial score (nSPS) is 20.1. The van der Waals surface area contributed by atoms with E-state index in [4.69, 9.17) is 0 Å². The largest absolute Gasteiger partial charge is 0.389 e. The third-order valence-corrected chi connectivity index (χ3v) is 5.47. The highest BCUT2D eigenvalue weighted by Crippen LogP contribution is 2.28. The van der Waals surface area contributed by atoms with Crippen LogP contribution in [0.1, 0.15) is 61.8 Å². The maximum atomic E-state index is 12.4. The van der Waals surface area contributed by atoms with E-state index in [-0.39, 0.29) is 6.42 Å². The van der Waals surface area contributed by atoms with Crippen LogP contribution in [0.2, 0.25) is 0 Å². The Morgan fingerprint density at radius 1 is 1.12 bits per heavy atom. The van der Waals surface area contributed by atoms with Crippen LogP contribution in [0.25, 0.3) is 0 Å². The fraction of sp³-hybridized carbons (Fsp3) is 0.737. The van der Waals surface area contributed by atoms with E-state index in [0.717, 1.165) is 32.0 Å². The average molecular weight is 340 g/mol. The predicted molar refractivity (Wildman–Crippen MR) is 88.8 cm³/mol. The number of rotatable bonds is 5. The highest BCUT2D eigenvalue weighted by atomic mass is 19.4. The van der Waals surface area contributed by atoms with Crippen molar-refractivity contribution in [2.45, 2.75) is 70.5 Å². The van der Waals surface area contributed by atoms with Crippen molar-refractivity contribution in [3.8, 4) is 0 Å². The smallest absolute Gasteiger partial charge is 0.299 e. The van der Waals surface area contributed by atoms with Crippen LogP contribution in [-0.2, 0) is 19.4 Å². The Labute approximate surface area is 142 Å². The molecule has 0 amide bonds. The zero-order chi connectivity index (χ0) is 17.0. The van der Waals surface area contributed by atoms with Gasteiger partial charge in [0.1, 0.15) is 0 Å². The number of aryl methyl sites for hydroxylation is 1. The van der Waals surface area contributed by atoms with Gasteiger partial charge in [-0.2, -0.15) is 13.2 Å². The van der Waals surface area contributed by atoms with E-state index < -0.39 is 12.6 Å². The van der Waals surface area contributed by atoms with Gasteiger partial charge >= 0.3 is 6.18 Å². The average Bonchev–Trinajstić information content (AvgIpc) is 2.58. The van der Waals surface area contributed by atoms with Crippen molar-refractivity contribution < 1.29 is 13.2 Å². The molecule has 1 aromatic heterocycles. The first-order valence-corrected chi connectivity index (χ1v) is 9.25. The summed E-state index contributed by atoms with van der Waals surface area (Å²) in [5, 5.41) is 0. The molecule has 2 nitrogen and oxygen atoms in total. The summed E-state index contributed by atoms with van der Waals surface area (Å²) in [5.41, 5.74) is 2.96. The van der Waals surface area contributed by atoms with Crippen molar-refractivity contribution in [1.82, 2.24) is 9.88 Å². The first-order valence-electron chi connectivity index (χ1n) is 9.25. The highest BCUT2D eigenvalue weighted by molar-refractivity contribution is 5.29. The first-order chi connectivity index (χ1) is 11.5. The van der Waals surface area contributed by atoms with Crippen LogP contribution in [0, 0.1) is 5.92 Å². The molecule has 0 atom stereocenters. The second-order valence-corrected chi connectivity index (χ2v) is 7.38. The summed E-state index contributed by atoms with van der Waals surface area (Å²) in [4.78, 5) is 6.68. The van der Waals surface area contributed by atoms with Gasteiger partial charge in [0, 0.05) is 31.4 Å². The SMILES string of the molecule is FC(F)(F)CCc1cc2c(cn1)CCN(CCC1CCCCC1)C2. The molecule has 0 aromatic carbocycles. The second-order valence-electron chi connectivity index (χ2n) is 7.38. The van der Waals surface area contributed by atoms with Crippen molar-refractivity contribution in [1.29, 1.82) is 0 Å². The quantitative estimate of drug-likeness (QED) is 0.757. The number of fused-ring (bicyclic) bond motifs is 1. The maximum absolute atomic E-state index is 12.4. The summed E-state index contributed by atoms with van der Waals surface area (Å²) in [7, 11) is 0. The molecule has 2 aliphatic rings. The highest BCUT2D eigenvalue weighted by Gasteiger charge is 2.27. The predicted octanol–water partition coefficient (Wildman–Crippen LogP) is 4.91. The standard InChI is InChI=1S/C19H27F3N2/c20-19(21,22)9-6-18-12-17-14-24(11-8-16(17)13-23-18)10-7-15-4-2-1-3-5-15/h12-13,15H,1-11,14H2. The van der Waals surface area contributed by atoms with Crippen LogP contribution in [0.4, 0.5) is 13.2 Å². The summed E-state index contributed by atoms with van der Waals surface area (Å²) in [6, 6.07) is 1.90. The molecule has 0 bridgehead atoms. The Hall–Kier alpha value is -1.10. The Bertz CT molecular complexity index is 536. The molecule has 5 heteroatoms. The van der Waals surface area contributed by atoms with Crippen LogP contribution in [0.5, 0.6) is 0 Å². The molecule has 24 heavy (non-hydrogen) atoms. The van der Waals surface area contributed by atoms with E-state index in [9.17, 15) is 13.2 Å². The zero-order valence-electron chi connectivity index (χ0n) is 14.2. The van der Waals surface area contributed by atoms with E-state index in [0.29, 0.717) is 5.69 Å². The topological polar surface area (TPSA) is 16.1 Å². The summed E-state index contributed by atoms with van der Waals surface area (Å²) < 4.78 is 37.2. The molecule has 1 fully saturated rings. The molecule has 1 saturated carbocycles. The number of hydrogen-bond acceptors (Lipinski definition) is 2. The molecule has 1 aliphatic carbocycles. The minimum Gasteiger partial charge on any atom is -0.299 e. The first kappa shape index (κ1) is 17.7. The van der Waals surface area contributed by atoms with Crippen LogP contribution >= 0.6 is 0 Å². The summed E-state index contributed by atoms with van der Waals surface area (Å²) in [6.45, 7) is 3.03.